The van der Waals surface area contributed by atoms with E-state index < -0.39 is 11.8 Å². The van der Waals surface area contributed by atoms with E-state index in [1.54, 1.807) is 0 Å². The van der Waals surface area contributed by atoms with Gasteiger partial charge in [0, 0.05) is 17.3 Å². The zero-order chi connectivity index (χ0) is 21.2. The summed E-state index contributed by atoms with van der Waals surface area (Å²) >= 11 is 0. The molecule has 0 N–H and O–H groups in total. The molecule has 0 aliphatic heterocycles. The third-order valence-corrected chi connectivity index (χ3v) is 6.34. The van der Waals surface area contributed by atoms with Gasteiger partial charge in [-0.2, -0.15) is 4.39 Å². The van der Waals surface area contributed by atoms with Crippen LogP contribution in [0.15, 0.2) is 36.5 Å². The van der Waals surface area contributed by atoms with Gasteiger partial charge in [0.05, 0.1) is 0 Å². The Morgan fingerprint density at radius 3 is 2.23 bits per heavy atom. The van der Waals surface area contributed by atoms with Gasteiger partial charge in [-0.15, -0.1) is 0 Å². The molecule has 0 spiro atoms. The topological polar surface area (TPSA) is 12.9 Å². The van der Waals surface area contributed by atoms with Crippen LogP contribution in [0.5, 0.6) is 0 Å². The summed E-state index contributed by atoms with van der Waals surface area (Å²) in [6.07, 6.45) is 16.3. The molecule has 1 aromatic carbocycles. The highest BCUT2D eigenvalue weighted by atomic mass is 19.2. The van der Waals surface area contributed by atoms with E-state index in [0.717, 1.165) is 17.5 Å². The van der Waals surface area contributed by atoms with Crippen LogP contribution in [-0.4, -0.2) is 4.98 Å². The van der Waals surface area contributed by atoms with Crippen LogP contribution in [0.3, 0.4) is 0 Å². The molecule has 0 saturated heterocycles. The fraction of sp³-hybridized carbons (Fsp3) is 0.519. The van der Waals surface area contributed by atoms with Gasteiger partial charge < -0.3 is 0 Å². The average Bonchev–Trinajstić information content (AvgIpc) is 2.78. The summed E-state index contributed by atoms with van der Waals surface area (Å²) in [7, 11) is 0. The predicted octanol–water partition coefficient (Wildman–Crippen LogP) is 7.78. The van der Waals surface area contributed by atoms with Crippen LogP contribution < -0.4 is 0 Å². The number of rotatable bonds is 8. The van der Waals surface area contributed by atoms with Gasteiger partial charge in [-0.05, 0) is 61.3 Å². The van der Waals surface area contributed by atoms with Crippen LogP contribution in [-0.2, 0) is 0 Å². The molecule has 0 amide bonds. The molecule has 0 bridgehead atoms. The Bertz CT molecular complexity index is 839. The summed E-state index contributed by atoms with van der Waals surface area (Å²) in [6, 6.07) is 9.47. The Hall–Kier alpha value is -2.21. The third-order valence-electron chi connectivity index (χ3n) is 6.34. The van der Waals surface area contributed by atoms with E-state index >= 15 is 0 Å². The molecule has 1 aromatic heterocycles. The molecule has 1 nitrogen and oxygen atoms in total. The number of nitrogens with zero attached hydrogens (tertiary/aromatic N) is 1. The fourth-order valence-electron chi connectivity index (χ4n) is 4.47. The molecule has 3 rings (SSSR count). The number of pyridine rings is 1. The molecule has 3 heteroatoms. The van der Waals surface area contributed by atoms with Crippen molar-refractivity contribution < 1.29 is 8.78 Å². The van der Waals surface area contributed by atoms with Crippen molar-refractivity contribution in [3.63, 3.8) is 0 Å². The molecule has 1 aliphatic carbocycles. The highest BCUT2D eigenvalue weighted by molar-refractivity contribution is 5.43. The van der Waals surface area contributed by atoms with Crippen LogP contribution in [0.2, 0.25) is 0 Å². The quantitative estimate of drug-likeness (QED) is 0.246. The highest BCUT2D eigenvalue weighted by Gasteiger charge is 2.21. The second kappa shape index (κ2) is 11.8. The van der Waals surface area contributed by atoms with Gasteiger partial charge in [-0.25, -0.2) is 9.37 Å². The second-order valence-electron chi connectivity index (χ2n) is 8.64. The molecule has 2 aromatic rings. The van der Waals surface area contributed by atoms with Crippen LogP contribution in [0.25, 0.3) is 0 Å². The highest BCUT2D eigenvalue weighted by Crippen LogP contribution is 2.37. The Balaban J connectivity index is 1.44. The standard InChI is InChI=1S/C27H33F2N/c1-2-3-4-5-6-7-8-21-11-15-24(16-12-21)25-17-13-22(14-18-25)9-10-23-19-26(28)27(29)30-20-23/h13-14,17-21,24H,2-8,11-12,15-16H2,1H3/t21-,24-. The summed E-state index contributed by atoms with van der Waals surface area (Å²) in [5.41, 5.74) is 2.65. The molecule has 1 fully saturated rings. The zero-order valence-corrected chi connectivity index (χ0v) is 18.1. The van der Waals surface area contributed by atoms with Crippen molar-refractivity contribution in [2.24, 2.45) is 5.92 Å². The minimum atomic E-state index is -1.09. The smallest absolute Gasteiger partial charge is 0.224 e. The number of unbranched alkanes of at least 4 members (excludes halogenated alkanes) is 5. The molecule has 1 heterocycles. The maximum absolute atomic E-state index is 13.2. The van der Waals surface area contributed by atoms with E-state index in [9.17, 15) is 8.78 Å². The summed E-state index contributed by atoms with van der Waals surface area (Å²) < 4.78 is 26.1. The van der Waals surface area contributed by atoms with Gasteiger partial charge in [0.1, 0.15) is 0 Å². The first-order valence-electron chi connectivity index (χ1n) is 11.6. The van der Waals surface area contributed by atoms with Gasteiger partial charge in [0.15, 0.2) is 5.82 Å². The first-order valence-corrected chi connectivity index (χ1v) is 11.6. The van der Waals surface area contributed by atoms with E-state index in [4.69, 9.17) is 0 Å². The van der Waals surface area contributed by atoms with Crippen LogP contribution >= 0.6 is 0 Å². The molecule has 30 heavy (non-hydrogen) atoms. The van der Waals surface area contributed by atoms with Gasteiger partial charge in [-0.3, -0.25) is 0 Å². The van der Waals surface area contributed by atoms with Crippen LogP contribution in [0, 0.1) is 29.5 Å². The largest absolute Gasteiger partial charge is 0.248 e. The average molecular weight is 410 g/mol. The third kappa shape index (κ3) is 6.94. The van der Waals surface area contributed by atoms with E-state index in [0.29, 0.717) is 11.5 Å². The minimum Gasteiger partial charge on any atom is -0.224 e. The lowest BCUT2D eigenvalue weighted by Crippen LogP contribution is -2.13. The van der Waals surface area contributed by atoms with Crippen molar-refractivity contribution >= 4 is 0 Å². The molecule has 160 valence electrons. The Morgan fingerprint density at radius 2 is 1.53 bits per heavy atom. The van der Waals surface area contributed by atoms with Crippen molar-refractivity contribution in [2.45, 2.75) is 83.5 Å². The molecule has 1 aliphatic rings. The summed E-state index contributed by atoms with van der Waals surface area (Å²) in [4.78, 5) is 3.36. The van der Waals surface area contributed by atoms with Crippen LogP contribution in [0.1, 0.15) is 100 Å². The summed E-state index contributed by atoms with van der Waals surface area (Å²) in [5, 5.41) is 0. The Morgan fingerprint density at radius 1 is 0.867 bits per heavy atom. The van der Waals surface area contributed by atoms with Crippen molar-refractivity contribution in [3.8, 4) is 11.8 Å². The van der Waals surface area contributed by atoms with E-state index in [2.05, 4.69) is 35.9 Å². The SMILES string of the molecule is CCCCCCCC[C@H]1CC[C@H](c2ccc(C#Cc3cnc(F)c(F)c3)cc2)CC1. The molecular weight excluding hydrogens is 376 g/mol. The first kappa shape index (κ1) is 22.5. The zero-order valence-electron chi connectivity index (χ0n) is 18.1. The summed E-state index contributed by atoms with van der Waals surface area (Å²) in [6.45, 7) is 2.27. The van der Waals surface area contributed by atoms with Gasteiger partial charge >= 0.3 is 0 Å². The predicted molar refractivity (Wildman–Crippen MR) is 119 cm³/mol. The lowest BCUT2D eigenvalue weighted by atomic mass is 9.77. The van der Waals surface area contributed by atoms with Crippen molar-refractivity contribution in [1.29, 1.82) is 0 Å². The fourth-order valence-corrected chi connectivity index (χ4v) is 4.47. The van der Waals surface area contributed by atoms with Gasteiger partial charge in [0.2, 0.25) is 5.95 Å². The normalized spacial score (nSPS) is 18.6. The monoisotopic (exact) mass is 409 g/mol. The van der Waals surface area contributed by atoms with E-state index in [1.807, 2.05) is 12.1 Å². The molecular formula is C27H33F2N. The molecule has 0 atom stereocenters. The lowest BCUT2D eigenvalue weighted by Gasteiger charge is -2.29. The first-order chi connectivity index (χ1) is 14.7. The number of hydrogen-bond donors (Lipinski definition) is 0. The number of hydrogen-bond acceptors (Lipinski definition) is 1. The van der Waals surface area contributed by atoms with Crippen molar-refractivity contribution in [2.75, 3.05) is 0 Å². The minimum absolute atomic E-state index is 0.377. The number of aromatic nitrogens is 1. The van der Waals surface area contributed by atoms with Gasteiger partial charge in [-0.1, -0.05) is 75.8 Å². The Kier molecular flexibility index (Phi) is 8.87. The van der Waals surface area contributed by atoms with E-state index in [-0.39, 0.29) is 0 Å². The van der Waals surface area contributed by atoms with Crippen LogP contribution in [0.4, 0.5) is 8.78 Å². The number of benzene rings is 1. The number of halogens is 2. The molecule has 0 radical (unpaired) electrons. The molecule has 1 saturated carbocycles. The van der Waals surface area contributed by atoms with E-state index in [1.165, 1.54) is 82.4 Å². The Labute approximate surface area is 180 Å². The lowest BCUT2D eigenvalue weighted by molar-refractivity contribution is 0.302. The summed E-state index contributed by atoms with van der Waals surface area (Å²) in [5.74, 6) is 5.37. The maximum Gasteiger partial charge on any atom is 0.248 e. The molecule has 0 unspecified atom stereocenters. The second-order valence-corrected chi connectivity index (χ2v) is 8.64. The van der Waals surface area contributed by atoms with Gasteiger partial charge in [0.25, 0.3) is 0 Å². The van der Waals surface area contributed by atoms with Crippen molar-refractivity contribution in [1.82, 2.24) is 4.98 Å². The van der Waals surface area contributed by atoms with Crippen molar-refractivity contribution in [3.05, 3.63) is 65.0 Å². The maximum atomic E-state index is 13.2.